The molecule has 0 aromatic carbocycles. The molecule has 1 nitrogen and oxygen atoms in total. The Balaban J connectivity index is 1.87. The largest absolute Gasteiger partial charge is 0.494 e. The summed E-state index contributed by atoms with van der Waals surface area (Å²) < 4.78 is 5.99. The summed E-state index contributed by atoms with van der Waals surface area (Å²) >= 11 is 0. The molecule has 0 aromatic rings. The predicted octanol–water partition coefficient (Wildman–Crippen LogP) is 4.13. The lowest BCUT2D eigenvalue weighted by molar-refractivity contribution is 0.101. The smallest absolute Gasteiger partial charge is 0.102 e. The van der Waals surface area contributed by atoms with Gasteiger partial charge in [-0.2, -0.15) is 0 Å². The summed E-state index contributed by atoms with van der Waals surface area (Å²) in [6, 6.07) is 0. The third kappa shape index (κ3) is 2.98. The zero-order valence-electron chi connectivity index (χ0n) is 9.54. The summed E-state index contributed by atoms with van der Waals surface area (Å²) in [6.45, 7) is 2.22. The molecule has 0 heterocycles. The van der Waals surface area contributed by atoms with Gasteiger partial charge in [0.05, 0.1) is 5.76 Å². The first kappa shape index (κ1) is 10.5. The van der Waals surface area contributed by atoms with E-state index in [1.54, 1.807) is 5.57 Å². The average Bonchev–Trinajstić information content (AvgIpc) is 2.31. The fourth-order valence-electron chi connectivity index (χ4n) is 2.14. The van der Waals surface area contributed by atoms with Crippen LogP contribution in [0.4, 0.5) is 0 Å². The third-order valence-corrected chi connectivity index (χ3v) is 3.19. The van der Waals surface area contributed by atoms with E-state index in [1.807, 2.05) is 0 Å². The molecule has 0 saturated carbocycles. The van der Waals surface area contributed by atoms with Gasteiger partial charge in [0.25, 0.3) is 0 Å². The molecule has 82 valence electrons. The Labute approximate surface area is 92.5 Å². The lowest BCUT2D eigenvalue weighted by Crippen LogP contribution is -2.14. The van der Waals surface area contributed by atoms with Gasteiger partial charge in [-0.15, -0.1) is 0 Å². The van der Waals surface area contributed by atoms with Gasteiger partial charge in [-0.1, -0.05) is 30.7 Å². The monoisotopic (exact) mass is 204 g/mol. The van der Waals surface area contributed by atoms with Crippen molar-refractivity contribution in [3.05, 3.63) is 35.6 Å². The first-order chi connectivity index (χ1) is 7.38. The van der Waals surface area contributed by atoms with Crippen molar-refractivity contribution in [2.45, 2.75) is 51.6 Å². The molecule has 0 amide bonds. The van der Waals surface area contributed by atoms with Gasteiger partial charge < -0.3 is 4.74 Å². The summed E-state index contributed by atoms with van der Waals surface area (Å²) in [5.41, 5.74) is 1.55. The van der Waals surface area contributed by atoms with Gasteiger partial charge in [-0.05, 0) is 31.8 Å². The molecule has 15 heavy (non-hydrogen) atoms. The van der Waals surface area contributed by atoms with Gasteiger partial charge in [-0.3, -0.25) is 0 Å². The summed E-state index contributed by atoms with van der Waals surface area (Å²) in [7, 11) is 0. The van der Waals surface area contributed by atoms with Crippen LogP contribution in [0.25, 0.3) is 0 Å². The first-order valence-corrected chi connectivity index (χ1v) is 6.08. The van der Waals surface area contributed by atoms with Crippen LogP contribution < -0.4 is 0 Å². The Morgan fingerprint density at radius 1 is 1.27 bits per heavy atom. The van der Waals surface area contributed by atoms with Crippen LogP contribution in [0, 0.1) is 0 Å². The molecule has 0 N–H and O–H groups in total. The Hall–Kier alpha value is -0.980. The fraction of sp³-hybridized carbons (Fsp3) is 0.571. The van der Waals surface area contributed by atoms with Crippen molar-refractivity contribution in [1.29, 1.82) is 0 Å². The van der Waals surface area contributed by atoms with Crippen molar-refractivity contribution in [2.24, 2.45) is 0 Å². The van der Waals surface area contributed by atoms with Gasteiger partial charge in [0.1, 0.15) is 6.10 Å². The Kier molecular flexibility index (Phi) is 3.65. The summed E-state index contributed by atoms with van der Waals surface area (Å²) in [4.78, 5) is 0. The normalized spacial score (nSPS) is 25.8. The topological polar surface area (TPSA) is 9.23 Å². The van der Waals surface area contributed by atoms with Crippen molar-refractivity contribution in [2.75, 3.05) is 0 Å². The highest BCUT2D eigenvalue weighted by molar-refractivity contribution is 5.20. The molecule has 0 aliphatic heterocycles. The van der Waals surface area contributed by atoms with Crippen molar-refractivity contribution < 1.29 is 4.74 Å². The van der Waals surface area contributed by atoms with Crippen molar-refractivity contribution in [3.63, 3.8) is 0 Å². The van der Waals surface area contributed by atoms with Crippen LogP contribution in [0.15, 0.2) is 35.6 Å². The van der Waals surface area contributed by atoms with Crippen LogP contribution >= 0.6 is 0 Å². The Morgan fingerprint density at radius 2 is 2.20 bits per heavy atom. The molecule has 2 aliphatic carbocycles. The van der Waals surface area contributed by atoms with Gasteiger partial charge in [0.2, 0.25) is 0 Å². The molecule has 0 spiro atoms. The zero-order chi connectivity index (χ0) is 10.5. The molecule has 1 atom stereocenters. The van der Waals surface area contributed by atoms with Crippen LogP contribution in [-0.4, -0.2) is 6.10 Å². The molecule has 2 aliphatic rings. The number of allylic oxidation sites excluding steroid dienone is 5. The minimum absolute atomic E-state index is 0.429. The summed E-state index contributed by atoms with van der Waals surface area (Å²) in [5, 5.41) is 0. The van der Waals surface area contributed by atoms with Crippen LogP contribution in [0.3, 0.4) is 0 Å². The molecule has 0 bridgehead atoms. The molecular formula is C14H20O. The van der Waals surface area contributed by atoms with E-state index in [0.29, 0.717) is 6.10 Å². The number of rotatable bonds is 3. The minimum atomic E-state index is 0.429. The van der Waals surface area contributed by atoms with E-state index in [2.05, 4.69) is 31.2 Å². The van der Waals surface area contributed by atoms with Crippen molar-refractivity contribution in [1.82, 2.24) is 0 Å². The van der Waals surface area contributed by atoms with Crippen LogP contribution in [0.1, 0.15) is 45.4 Å². The zero-order valence-corrected chi connectivity index (χ0v) is 9.54. The second-order valence-corrected chi connectivity index (χ2v) is 4.34. The molecular weight excluding hydrogens is 184 g/mol. The van der Waals surface area contributed by atoms with E-state index in [9.17, 15) is 0 Å². The molecule has 0 aromatic heterocycles. The second-order valence-electron chi connectivity index (χ2n) is 4.34. The fourth-order valence-corrected chi connectivity index (χ4v) is 2.14. The Morgan fingerprint density at radius 3 is 2.80 bits per heavy atom. The number of ether oxygens (including phenoxy) is 1. The number of hydrogen-bond donors (Lipinski definition) is 0. The highest BCUT2D eigenvalue weighted by Gasteiger charge is 2.14. The molecule has 0 radical (unpaired) electrons. The van der Waals surface area contributed by atoms with E-state index in [1.165, 1.54) is 31.4 Å². The van der Waals surface area contributed by atoms with Crippen molar-refractivity contribution in [3.8, 4) is 0 Å². The summed E-state index contributed by atoms with van der Waals surface area (Å²) in [5.74, 6) is 1.19. The lowest BCUT2D eigenvalue weighted by Gasteiger charge is -2.23. The highest BCUT2D eigenvalue weighted by atomic mass is 16.5. The molecule has 0 fully saturated rings. The quantitative estimate of drug-likeness (QED) is 0.628. The third-order valence-electron chi connectivity index (χ3n) is 3.19. The standard InChI is InChI=1S/C14H20O/c1-2-12-8-10-14(11-9-12)15-13-6-4-3-5-7-13/h3-4,8,10,13H,2,5-7,9,11H2,1H3. The molecule has 2 rings (SSSR count). The average molecular weight is 204 g/mol. The van der Waals surface area contributed by atoms with Gasteiger partial charge in [0, 0.05) is 12.8 Å². The molecule has 0 saturated heterocycles. The van der Waals surface area contributed by atoms with Crippen LogP contribution in [0.2, 0.25) is 0 Å². The molecule has 1 unspecified atom stereocenters. The molecule has 1 heteroatoms. The maximum Gasteiger partial charge on any atom is 0.102 e. The predicted molar refractivity (Wildman–Crippen MR) is 63.6 cm³/mol. The highest BCUT2D eigenvalue weighted by Crippen LogP contribution is 2.25. The maximum absolute atomic E-state index is 5.99. The maximum atomic E-state index is 5.99. The first-order valence-electron chi connectivity index (χ1n) is 6.08. The van der Waals surface area contributed by atoms with E-state index in [-0.39, 0.29) is 0 Å². The second kappa shape index (κ2) is 5.20. The van der Waals surface area contributed by atoms with E-state index >= 15 is 0 Å². The van der Waals surface area contributed by atoms with Crippen molar-refractivity contribution >= 4 is 0 Å². The van der Waals surface area contributed by atoms with Gasteiger partial charge in [-0.25, -0.2) is 0 Å². The van der Waals surface area contributed by atoms with E-state index < -0.39 is 0 Å². The van der Waals surface area contributed by atoms with E-state index in [0.717, 1.165) is 12.8 Å². The minimum Gasteiger partial charge on any atom is -0.494 e. The SMILES string of the molecule is CCC1=CC=C(OC2CC=CCC2)CC1. The lowest BCUT2D eigenvalue weighted by atomic mass is 10.0. The van der Waals surface area contributed by atoms with Crippen LogP contribution in [0.5, 0.6) is 0 Å². The van der Waals surface area contributed by atoms with E-state index in [4.69, 9.17) is 4.74 Å². The summed E-state index contributed by atoms with van der Waals surface area (Å²) in [6.07, 6.45) is 16.2. The Bertz CT molecular complexity index is 296. The number of hydrogen-bond acceptors (Lipinski definition) is 1. The van der Waals surface area contributed by atoms with Crippen LogP contribution in [-0.2, 0) is 4.74 Å². The van der Waals surface area contributed by atoms with Gasteiger partial charge in [0.15, 0.2) is 0 Å². The van der Waals surface area contributed by atoms with Gasteiger partial charge >= 0.3 is 0 Å².